The van der Waals surface area contributed by atoms with Gasteiger partial charge in [0, 0.05) is 44.8 Å². The molecule has 29 heavy (non-hydrogen) atoms. The number of thiazole rings is 1. The van der Waals surface area contributed by atoms with Crippen LogP contribution in [0.2, 0.25) is 0 Å². The molecular weight excluding hydrogens is 380 g/mol. The number of rotatable bonds is 7. The predicted octanol–water partition coefficient (Wildman–Crippen LogP) is 3.69. The van der Waals surface area contributed by atoms with Gasteiger partial charge in [0.2, 0.25) is 5.91 Å². The summed E-state index contributed by atoms with van der Waals surface area (Å²) in [5, 5.41) is 4.22. The Morgan fingerprint density at radius 1 is 1.07 bits per heavy atom. The van der Waals surface area contributed by atoms with Crippen molar-refractivity contribution in [3.63, 3.8) is 0 Å². The van der Waals surface area contributed by atoms with Gasteiger partial charge in [-0.3, -0.25) is 4.79 Å². The number of carbonyl (C=O) groups is 1. The standard InChI is InChI=1S/C23H28N4OS/c1-26-13-15-27(16-14-26)20-9-4-2-7-18(20)17-24-22(28)11-6-12-23-25-19-8-3-5-10-21(19)29-23/h2-5,7-10H,6,11-17H2,1H3,(H,24,28). The summed E-state index contributed by atoms with van der Waals surface area (Å²) in [5.74, 6) is 0.110. The molecule has 1 N–H and O–H groups in total. The van der Waals surface area contributed by atoms with E-state index in [4.69, 9.17) is 0 Å². The van der Waals surface area contributed by atoms with Crippen LogP contribution >= 0.6 is 11.3 Å². The fraction of sp³-hybridized carbons (Fsp3) is 0.391. The molecular formula is C23H28N4OS. The van der Waals surface area contributed by atoms with E-state index in [0.29, 0.717) is 13.0 Å². The van der Waals surface area contributed by atoms with Crippen molar-refractivity contribution in [2.45, 2.75) is 25.8 Å². The first kappa shape index (κ1) is 19.9. The third-order valence-electron chi connectivity index (χ3n) is 5.44. The highest BCUT2D eigenvalue weighted by Gasteiger charge is 2.17. The minimum absolute atomic E-state index is 0.110. The Bertz CT molecular complexity index is 929. The van der Waals surface area contributed by atoms with Crippen LogP contribution < -0.4 is 10.2 Å². The van der Waals surface area contributed by atoms with Crippen molar-refractivity contribution < 1.29 is 4.79 Å². The zero-order chi connectivity index (χ0) is 20.1. The van der Waals surface area contributed by atoms with E-state index in [-0.39, 0.29) is 5.91 Å². The lowest BCUT2D eigenvalue weighted by Gasteiger charge is -2.35. The molecule has 2 aromatic carbocycles. The molecule has 0 spiro atoms. The van der Waals surface area contributed by atoms with Gasteiger partial charge in [0.15, 0.2) is 0 Å². The average Bonchev–Trinajstić information content (AvgIpc) is 3.16. The first-order valence-corrected chi connectivity index (χ1v) is 11.1. The minimum atomic E-state index is 0.110. The van der Waals surface area contributed by atoms with Gasteiger partial charge < -0.3 is 15.1 Å². The van der Waals surface area contributed by atoms with Crippen LogP contribution in [0.3, 0.4) is 0 Å². The molecule has 0 bridgehead atoms. The van der Waals surface area contributed by atoms with Gasteiger partial charge in [-0.15, -0.1) is 11.3 Å². The topological polar surface area (TPSA) is 48.5 Å². The summed E-state index contributed by atoms with van der Waals surface area (Å²) in [4.78, 5) is 21.8. The van der Waals surface area contributed by atoms with E-state index in [9.17, 15) is 4.79 Å². The lowest BCUT2D eigenvalue weighted by molar-refractivity contribution is -0.121. The monoisotopic (exact) mass is 408 g/mol. The number of nitrogens with zero attached hydrogens (tertiary/aromatic N) is 3. The molecule has 1 aliphatic heterocycles. The lowest BCUT2D eigenvalue weighted by Crippen LogP contribution is -2.45. The summed E-state index contributed by atoms with van der Waals surface area (Å²) in [7, 11) is 2.16. The summed E-state index contributed by atoms with van der Waals surface area (Å²) >= 11 is 1.73. The molecule has 0 atom stereocenters. The molecule has 1 amide bonds. The van der Waals surface area contributed by atoms with Crippen LogP contribution in [0.5, 0.6) is 0 Å². The van der Waals surface area contributed by atoms with Crippen molar-refractivity contribution in [3.8, 4) is 0 Å². The van der Waals surface area contributed by atoms with E-state index in [2.05, 4.69) is 51.4 Å². The molecule has 1 saturated heterocycles. The molecule has 1 aliphatic rings. The van der Waals surface area contributed by atoms with Crippen molar-refractivity contribution >= 4 is 33.1 Å². The number of fused-ring (bicyclic) bond motifs is 1. The van der Waals surface area contributed by atoms with Crippen LogP contribution in [-0.4, -0.2) is 49.0 Å². The molecule has 2 heterocycles. The molecule has 1 aromatic heterocycles. The Morgan fingerprint density at radius 2 is 1.83 bits per heavy atom. The molecule has 152 valence electrons. The van der Waals surface area contributed by atoms with Crippen LogP contribution in [0.15, 0.2) is 48.5 Å². The Balaban J connectivity index is 1.26. The van der Waals surface area contributed by atoms with E-state index >= 15 is 0 Å². The zero-order valence-corrected chi connectivity index (χ0v) is 17.8. The maximum atomic E-state index is 12.4. The largest absolute Gasteiger partial charge is 0.369 e. The van der Waals surface area contributed by atoms with Crippen molar-refractivity contribution in [3.05, 3.63) is 59.1 Å². The molecule has 1 fully saturated rings. The minimum Gasteiger partial charge on any atom is -0.369 e. The van der Waals surface area contributed by atoms with Crippen LogP contribution in [0.4, 0.5) is 5.69 Å². The quantitative estimate of drug-likeness (QED) is 0.648. The van der Waals surface area contributed by atoms with Gasteiger partial charge in [-0.25, -0.2) is 4.98 Å². The summed E-state index contributed by atoms with van der Waals surface area (Å²) in [6, 6.07) is 16.6. The molecule has 4 rings (SSSR count). The zero-order valence-electron chi connectivity index (χ0n) is 16.9. The van der Waals surface area contributed by atoms with Crippen LogP contribution in [-0.2, 0) is 17.8 Å². The smallest absolute Gasteiger partial charge is 0.220 e. The van der Waals surface area contributed by atoms with Gasteiger partial charge in [-0.05, 0) is 43.7 Å². The Hall–Kier alpha value is -2.44. The van der Waals surface area contributed by atoms with Crippen LogP contribution in [0, 0.1) is 0 Å². The maximum Gasteiger partial charge on any atom is 0.220 e. The number of hydrogen-bond donors (Lipinski definition) is 1. The SMILES string of the molecule is CN1CCN(c2ccccc2CNC(=O)CCCc2nc3ccccc3s2)CC1. The molecule has 5 nitrogen and oxygen atoms in total. The van der Waals surface area contributed by atoms with Crippen molar-refractivity contribution in [2.75, 3.05) is 38.1 Å². The van der Waals surface area contributed by atoms with Crippen molar-refractivity contribution in [1.29, 1.82) is 0 Å². The fourth-order valence-corrected chi connectivity index (χ4v) is 4.73. The number of aromatic nitrogens is 1. The fourth-order valence-electron chi connectivity index (χ4n) is 3.73. The van der Waals surface area contributed by atoms with E-state index in [1.807, 2.05) is 24.3 Å². The summed E-state index contributed by atoms with van der Waals surface area (Å²) in [6.07, 6.45) is 2.21. The van der Waals surface area contributed by atoms with E-state index < -0.39 is 0 Å². The van der Waals surface area contributed by atoms with Crippen molar-refractivity contribution in [1.82, 2.24) is 15.2 Å². The number of nitrogens with one attached hydrogen (secondary N) is 1. The van der Waals surface area contributed by atoms with Crippen molar-refractivity contribution in [2.24, 2.45) is 0 Å². The number of likely N-dealkylation sites (N-methyl/N-ethyl adjacent to an activating group) is 1. The lowest BCUT2D eigenvalue weighted by atomic mass is 10.1. The second-order valence-electron chi connectivity index (χ2n) is 7.62. The van der Waals surface area contributed by atoms with Gasteiger partial charge in [0.25, 0.3) is 0 Å². The number of hydrogen-bond acceptors (Lipinski definition) is 5. The van der Waals surface area contributed by atoms with Gasteiger partial charge in [0.1, 0.15) is 0 Å². The molecule has 0 saturated carbocycles. The molecule has 0 unspecified atom stereocenters. The number of carbonyl (C=O) groups excluding carboxylic acids is 1. The van der Waals surface area contributed by atoms with Gasteiger partial charge in [-0.2, -0.15) is 0 Å². The molecule has 6 heteroatoms. The first-order valence-electron chi connectivity index (χ1n) is 10.3. The third-order valence-corrected chi connectivity index (χ3v) is 6.54. The highest BCUT2D eigenvalue weighted by atomic mass is 32.1. The van der Waals surface area contributed by atoms with Gasteiger partial charge >= 0.3 is 0 Å². The predicted molar refractivity (Wildman–Crippen MR) is 121 cm³/mol. The van der Waals surface area contributed by atoms with E-state index in [1.54, 1.807) is 11.3 Å². The Labute approximate surface area is 176 Å². The molecule has 0 radical (unpaired) electrons. The first-order chi connectivity index (χ1) is 14.2. The van der Waals surface area contributed by atoms with Gasteiger partial charge in [-0.1, -0.05) is 30.3 Å². The number of aryl methyl sites for hydroxylation is 1. The van der Waals surface area contributed by atoms with Crippen LogP contribution in [0.1, 0.15) is 23.4 Å². The number of anilines is 1. The highest BCUT2D eigenvalue weighted by molar-refractivity contribution is 7.18. The number of amides is 1. The second kappa shape index (κ2) is 9.37. The van der Waals surface area contributed by atoms with Gasteiger partial charge in [0.05, 0.1) is 15.2 Å². The normalized spacial score (nSPS) is 15.0. The Morgan fingerprint density at radius 3 is 2.66 bits per heavy atom. The third kappa shape index (κ3) is 5.14. The second-order valence-corrected chi connectivity index (χ2v) is 8.74. The molecule has 0 aliphatic carbocycles. The maximum absolute atomic E-state index is 12.4. The Kier molecular flexibility index (Phi) is 6.42. The number of piperazine rings is 1. The number of benzene rings is 2. The average molecular weight is 409 g/mol. The molecule has 3 aromatic rings. The van der Waals surface area contributed by atoms with E-state index in [0.717, 1.165) is 49.5 Å². The van der Waals surface area contributed by atoms with Crippen LogP contribution in [0.25, 0.3) is 10.2 Å². The number of para-hydroxylation sites is 2. The van der Waals surface area contributed by atoms with E-state index in [1.165, 1.54) is 16.0 Å². The highest BCUT2D eigenvalue weighted by Crippen LogP contribution is 2.23. The summed E-state index contributed by atoms with van der Waals surface area (Å²) in [5.41, 5.74) is 3.49. The summed E-state index contributed by atoms with van der Waals surface area (Å²) in [6.45, 7) is 4.80. The summed E-state index contributed by atoms with van der Waals surface area (Å²) < 4.78 is 1.22.